The Labute approximate surface area is 136 Å². The number of primary amides is 1. The fourth-order valence-corrected chi connectivity index (χ4v) is 2.73. The van der Waals surface area contributed by atoms with E-state index in [1.807, 2.05) is 18.2 Å². The number of carbonyl (C=O) groups excluding carboxylic acids is 1. The highest BCUT2D eigenvalue weighted by Crippen LogP contribution is 2.33. The van der Waals surface area contributed by atoms with E-state index in [4.69, 9.17) is 5.73 Å². The standard InChI is InChI=1S/C17H21N5O/c1-5-22(6-2)12-7-8-15-13(9-12)16(21(4)17(19)23)14(10-18)11(3)20-15/h7-9H,5-6H2,1-4H3,(H2,19,23). The first kappa shape index (κ1) is 16.6. The number of fused-ring (bicyclic) bond motifs is 1. The van der Waals surface area contributed by atoms with Gasteiger partial charge < -0.3 is 10.6 Å². The van der Waals surface area contributed by atoms with Crippen LogP contribution in [0.2, 0.25) is 0 Å². The van der Waals surface area contributed by atoms with Crippen molar-refractivity contribution in [2.24, 2.45) is 5.73 Å². The Balaban J connectivity index is 2.83. The number of nitrogens with zero attached hydrogens (tertiary/aromatic N) is 4. The Morgan fingerprint density at radius 2 is 2.00 bits per heavy atom. The number of rotatable bonds is 4. The molecule has 0 spiro atoms. The molecule has 2 rings (SSSR count). The molecule has 0 radical (unpaired) electrons. The van der Waals surface area contributed by atoms with E-state index in [0.29, 0.717) is 16.9 Å². The summed E-state index contributed by atoms with van der Waals surface area (Å²) < 4.78 is 0. The highest BCUT2D eigenvalue weighted by atomic mass is 16.2. The van der Waals surface area contributed by atoms with Gasteiger partial charge in [-0.25, -0.2) is 4.79 Å². The molecular formula is C17H21N5O. The van der Waals surface area contributed by atoms with Crippen LogP contribution in [0.1, 0.15) is 25.1 Å². The number of carbonyl (C=O) groups is 1. The van der Waals surface area contributed by atoms with Gasteiger partial charge in [0.15, 0.2) is 0 Å². The molecule has 2 amide bonds. The molecule has 1 aromatic heterocycles. The van der Waals surface area contributed by atoms with E-state index in [9.17, 15) is 10.1 Å². The van der Waals surface area contributed by atoms with Gasteiger partial charge in [0.1, 0.15) is 6.07 Å². The zero-order valence-corrected chi connectivity index (χ0v) is 13.9. The summed E-state index contributed by atoms with van der Waals surface area (Å²) in [6.07, 6.45) is 0. The summed E-state index contributed by atoms with van der Waals surface area (Å²) in [6.45, 7) is 7.66. The molecule has 23 heavy (non-hydrogen) atoms. The molecule has 2 aromatic rings. The van der Waals surface area contributed by atoms with Crippen molar-refractivity contribution in [2.45, 2.75) is 20.8 Å². The fraction of sp³-hybridized carbons (Fsp3) is 0.353. The maximum absolute atomic E-state index is 11.7. The highest BCUT2D eigenvalue weighted by Gasteiger charge is 2.19. The Kier molecular flexibility index (Phi) is 4.70. The van der Waals surface area contributed by atoms with E-state index in [1.165, 1.54) is 4.90 Å². The predicted molar refractivity (Wildman–Crippen MR) is 92.7 cm³/mol. The van der Waals surface area contributed by atoms with Gasteiger partial charge in [0.2, 0.25) is 0 Å². The van der Waals surface area contributed by atoms with E-state index >= 15 is 0 Å². The van der Waals surface area contributed by atoms with Gasteiger partial charge in [-0.15, -0.1) is 0 Å². The largest absolute Gasteiger partial charge is 0.372 e. The number of amides is 2. The molecule has 0 saturated heterocycles. The van der Waals surface area contributed by atoms with Gasteiger partial charge in [-0.05, 0) is 39.0 Å². The summed E-state index contributed by atoms with van der Waals surface area (Å²) in [5, 5.41) is 10.2. The van der Waals surface area contributed by atoms with E-state index in [2.05, 4.69) is 29.8 Å². The number of urea groups is 1. The number of pyridine rings is 1. The Bertz CT molecular complexity index is 790. The van der Waals surface area contributed by atoms with Crippen LogP contribution in [-0.4, -0.2) is 31.2 Å². The monoisotopic (exact) mass is 311 g/mol. The number of anilines is 2. The lowest BCUT2D eigenvalue weighted by molar-refractivity contribution is 0.255. The zero-order chi connectivity index (χ0) is 17.1. The van der Waals surface area contributed by atoms with Crippen molar-refractivity contribution in [3.05, 3.63) is 29.5 Å². The molecule has 0 fully saturated rings. The minimum absolute atomic E-state index is 0.371. The average Bonchev–Trinajstić information content (AvgIpc) is 2.54. The molecule has 1 heterocycles. The van der Waals surface area contributed by atoms with Gasteiger partial charge in [0.25, 0.3) is 0 Å². The molecule has 0 atom stereocenters. The Hall–Kier alpha value is -2.81. The van der Waals surface area contributed by atoms with Crippen LogP contribution in [0.5, 0.6) is 0 Å². The molecule has 0 unspecified atom stereocenters. The molecule has 0 aliphatic heterocycles. The molecule has 0 saturated carbocycles. The van der Waals surface area contributed by atoms with Gasteiger partial charge in [-0.2, -0.15) is 5.26 Å². The van der Waals surface area contributed by atoms with E-state index in [1.54, 1.807) is 14.0 Å². The van der Waals surface area contributed by atoms with E-state index in [0.717, 1.165) is 29.7 Å². The van der Waals surface area contributed by atoms with E-state index in [-0.39, 0.29) is 0 Å². The van der Waals surface area contributed by atoms with Crippen molar-refractivity contribution in [3.8, 4) is 6.07 Å². The second-order valence-electron chi connectivity index (χ2n) is 5.30. The van der Waals surface area contributed by atoms with Crippen molar-refractivity contribution in [1.82, 2.24) is 4.98 Å². The maximum Gasteiger partial charge on any atom is 0.319 e. The molecule has 120 valence electrons. The Morgan fingerprint density at radius 1 is 1.35 bits per heavy atom. The first-order chi connectivity index (χ1) is 10.9. The number of aromatic nitrogens is 1. The summed E-state index contributed by atoms with van der Waals surface area (Å²) in [4.78, 5) is 19.6. The van der Waals surface area contributed by atoms with Crippen LogP contribution >= 0.6 is 0 Å². The van der Waals surface area contributed by atoms with Crippen LogP contribution < -0.4 is 15.5 Å². The normalized spacial score (nSPS) is 10.4. The Morgan fingerprint density at radius 3 is 2.52 bits per heavy atom. The van der Waals surface area contributed by atoms with Crippen molar-refractivity contribution < 1.29 is 4.79 Å². The number of benzene rings is 1. The fourth-order valence-electron chi connectivity index (χ4n) is 2.73. The first-order valence-electron chi connectivity index (χ1n) is 7.57. The topological polar surface area (TPSA) is 86.2 Å². The predicted octanol–water partition coefficient (Wildman–Crippen LogP) is 2.78. The first-order valence-corrected chi connectivity index (χ1v) is 7.57. The molecular weight excluding hydrogens is 290 g/mol. The third kappa shape index (κ3) is 2.90. The summed E-state index contributed by atoms with van der Waals surface area (Å²) in [5.74, 6) is 0. The zero-order valence-electron chi connectivity index (χ0n) is 13.9. The molecule has 0 aliphatic carbocycles. The number of aryl methyl sites for hydroxylation is 1. The SMILES string of the molecule is CCN(CC)c1ccc2nc(C)c(C#N)c(N(C)C(N)=O)c2c1. The summed E-state index contributed by atoms with van der Waals surface area (Å²) in [6, 6.07) is 7.41. The number of nitriles is 1. The van der Waals surface area contributed by atoms with E-state index < -0.39 is 6.03 Å². The summed E-state index contributed by atoms with van der Waals surface area (Å²) >= 11 is 0. The van der Waals surface area contributed by atoms with Crippen LogP contribution in [0.25, 0.3) is 10.9 Å². The average molecular weight is 311 g/mol. The number of nitrogens with two attached hydrogens (primary N) is 1. The third-order valence-electron chi connectivity index (χ3n) is 4.03. The minimum atomic E-state index is -0.610. The van der Waals surface area contributed by atoms with Gasteiger partial charge in [0, 0.05) is 31.2 Å². The van der Waals surface area contributed by atoms with Crippen molar-refractivity contribution in [3.63, 3.8) is 0 Å². The van der Waals surface area contributed by atoms with Crippen molar-refractivity contribution in [1.29, 1.82) is 5.26 Å². The minimum Gasteiger partial charge on any atom is -0.372 e. The molecule has 0 bridgehead atoms. The second-order valence-corrected chi connectivity index (χ2v) is 5.30. The molecule has 6 nitrogen and oxygen atoms in total. The molecule has 6 heteroatoms. The third-order valence-corrected chi connectivity index (χ3v) is 4.03. The quantitative estimate of drug-likeness (QED) is 0.940. The number of hydrogen-bond acceptors (Lipinski definition) is 4. The van der Waals surface area contributed by atoms with Crippen LogP contribution in [0.15, 0.2) is 18.2 Å². The lowest BCUT2D eigenvalue weighted by Crippen LogP contribution is -2.32. The van der Waals surface area contributed by atoms with Crippen LogP contribution in [0, 0.1) is 18.3 Å². The smallest absolute Gasteiger partial charge is 0.319 e. The van der Waals surface area contributed by atoms with Gasteiger partial charge >= 0.3 is 6.03 Å². The van der Waals surface area contributed by atoms with Gasteiger partial charge in [0.05, 0.1) is 22.5 Å². The van der Waals surface area contributed by atoms with Crippen LogP contribution in [0.3, 0.4) is 0 Å². The summed E-state index contributed by atoms with van der Waals surface area (Å²) in [7, 11) is 1.57. The lowest BCUT2D eigenvalue weighted by Gasteiger charge is -2.23. The van der Waals surface area contributed by atoms with Gasteiger partial charge in [-0.1, -0.05) is 0 Å². The summed E-state index contributed by atoms with van der Waals surface area (Å²) in [5.41, 5.74) is 8.65. The van der Waals surface area contributed by atoms with Crippen molar-refractivity contribution >= 4 is 28.3 Å². The molecule has 1 aromatic carbocycles. The van der Waals surface area contributed by atoms with Crippen LogP contribution in [0.4, 0.5) is 16.2 Å². The van der Waals surface area contributed by atoms with Crippen LogP contribution in [-0.2, 0) is 0 Å². The van der Waals surface area contributed by atoms with Gasteiger partial charge in [-0.3, -0.25) is 9.88 Å². The number of hydrogen-bond donors (Lipinski definition) is 1. The highest BCUT2D eigenvalue weighted by molar-refractivity contribution is 6.04. The molecule has 0 aliphatic rings. The molecule has 2 N–H and O–H groups in total. The maximum atomic E-state index is 11.7. The second kappa shape index (κ2) is 6.53. The lowest BCUT2D eigenvalue weighted by atomic mass is 10.0. The van der Waals surface area contributed by atoms with Crippen molar-refractivity contribution in [2.75, 3.05) is 29.9 Å².